The van der Waals surface area contributed by atoms with Crippen LogP contribution in [-0.4, -0.2) is 41.3 Å². The first-order valence-electron chi connectivity index (χ1n) is 7.63. The molecular weight excluding hydrogens is 360 g/mol. The molecule has 1 atom stereocenters. The molecule has 0 fully saturated rings. The molecule has 1 heterocycles. The topological polar surface area (TPSA) is 119 Å². The third-order valence-corrected chi connectivity index (χ3v) is 4.94. The van der Waals surface area contributed by atoms with Gasteiger partial charge in [-0.3, -0.25) is 25.0 Å². The molecule has 0 radical (unpaired) electrons. The molecule has 0 spiro atoms. The number of carbonyl (C=O) groups excluding carboxylic acids is 1. The van der Waals surface area contributed by atoms with E-state index in [4.69, 9.17) is 0 Å². The van der Waals surface area contributed by atoms with Crippen molar-refractivity contribution >= 4 is 28.6 Å². The molecule has 2 aromatic rings. The van der Waals surface area contributed by atoms with Gasteiger partial charge in [-0.05, 0) is 32.5 Å². The van der Waals surface area contributed by atoms with Gasteiger partial charge in [0.2, 0.25) is 0 Å². The van der Waals surface area contributed by atoms with E-state index in [1.54, 1.807) is 11.3 Å². The van der Waals surface area contributed by atoms with Crippen LogP contribution in [-0.2, 0) is 0 Å². The van der Waals surface area contributed by atoms with Gasteiger partial charge in [-0.1, -0.05) is 6.07 Å². The lowest BCUT2D eigenvalue weighted by Crippen LogP contribution is -2.34. The SMILES string of the molecule is Cc1c(C(=O)NCC(c2cccs2)N(C)C)cc([N+](=O)[O-])cc1[N+](=O)[O-]. The Balaban J connectivity index is 2.28. The van der Waals surface area contributed by atoms with Gasteiger partial charge in [-0.25, -0.2) is 0 Å². The number of nitro benzene ring substituents is 2. The number of hydrogen-bond acceptors (Lipinski definition) is 7. The zero-order valence-corrected chi connectivity index (χ0v) is 15.3. The standard InChI is InChI=1S/C16H18N4O5S/c1-10-12(7-11(19(22)23)8-13(10)20(24)25)16(21)17-9-14(18(2)3)15-5-4-6-26-15/h4-8,14H,9H2,1-3H3,(H,17,21). The first-order chi connectivity index (χ1) is 12.2. The quantitative estimate of drug-likeness (QED) is 0.584. The van der Waals surface area contributed by atoms with Gasteiger partial charge in [0.15, 0.2) is 0 Å². The van der Waals surface area contributed by atoms with Crippen LogP contribution in [0.15, 0.2) is 29.6 Å². The van der Waals surface area contributed by atoms with Crippen molar-refractivity contribution in [3.8, 4) is 0 Å². The third-order valence-electron chi connectivity index (χ3n) is 3.97. The summed E-state index contributed by atoms with van der Waals surface area (Å²) in [7, 11) is 3.75. The molecule has 0 aliphatic heterocycles. The molecule has 1 amide bonds. The first kappa shape index (κ1) is 19.5. The fraction of sp³-hybridized carbons (Fsp3) is 0.312. The van der Waals surface area contributed by atoms with Crippen molar-refractivity contribution in [3.63, 3.8) is 0 Å². The molecule has 9 nitrogen and oxygen atoms in total. The minimum atomic E-state index is -0.752. The van der Waals surface area contributed by atoms with Crippen molar-refractivity contribution in [3.05, 3.63) is 65.9 Å². The Morgan fingerprint density at radius 2 is 1.96 bits per heavy atom. The number of thiophene rings is 1. The number of rotatable bonds is 7. The minimum Gasteiger partial charge on any atom is -0.350 e. The third kappa shape index (κ3) is 4.21. The van der Waals surface area contributed by atoms with Gasteiger partial charge < -0.3 is 10.2 Å². The van der Waals surface area contributed by atoms with Gasteiger partial charge in [-0.15, -0.1) is 11.3 Å². The van der Waals surface area contributed by atoms with Crippen molar-refractivity contribution in [1.82, 2.24) is 10.2 Å². The monoisotopic (exact) mass is 378 g/mol. The van der Waals surface area contributed by atoms with Crippen LogP contribution in [0.5, 0.6) is 0 Å². The molecule has 26 heavy (non-hydrogen) atoms. The summed E-state index contributed by atoms with van der Waals surface area (Å²) in [5, 5.41) is 26.8. The van der Waals surface area contributed by atoms with Gasteiger partial charge in [0.25, 0.3) is 17.3 Å². The maximum atomic E-state index is 12.5. The molecule has 0 saturated heterocycles. The van der Waals surface area contributed by atoms with Crippen molar-refractivity contribution < 1.29 is 14.6 Å². The Morgan fingerprint density at radius 3 is 2.46 bits per heavy atom. The summed E-state index contributed by atoms with van der Waals surface area (Å²) in [5.41, 5.74) is -0.924. The lowest BCUT2D eigenvalue weighted by Gasteiger charge is -2.23. The number of likely N-dealkylation sites (N-methyl/N-ethyl adjacent to an activating group) is 1. The summed E-state index contributed by atoms with van der Waals surface area (Å²) in [6, 6.07) is 5.71. The number of nitrogens with one attached hydrogen (secondary N) is 1. The number of nitro groups is 2. The Kier molecular flexibility index (Phi) is 6.01. The molecule has 10 heteroatoms. The second kappa shape index (κ2) is 8.02. The summed E-state index contributed by atoms with van der Waals surface area (Å²) < 4.78 is 0. The Bertz CT molecular complexity index is 835. The highest BCUT2D eigenvalue weighted by molar-refractivity contribution is 7.10. The largest absolute Gasteiger partial charge is 0.350 e. The van der Waals surface area contributed by atoms with E-state index >= 15 is 0 Å². The summed E-state index contributed by atoms with van der Waals surface area (Å²) in [4.78, 5) is 36.2. The molecule has 0 aliphatic carbocycles. The Hall–Kier alpha value is -2.85. The fourth-order valence-electron chi connectivity index (χ4n) is 2.52. The van der Waals surface area contributed by atoms with Crippen LogP contribution in [0.3, 0.4) is 0 Å². The second-order valence-electron chi connectivity index (χ2n) is 5.86. The molecule has 1 unspecified atom stereocenters. The van der Waals surface area contributed by atoms with Gasteiger partial charge in [0.1, 0.15) is 0 Å². The maximum Gasteiger partial charge on any atom is 0.279 e. The van der Waals surface area contributed by atoms with Crippen molar-refractivity contribution in [2.24, 2.45) is 0 Å². The summed E-state index contributed by atoms with van der Waals surface area (Å²) >= 11 is 1.55. The van der Waals surface area contributed by atoms with Gasteiger partial charge in [0.05, 0.1) is 27.5 Å². The smallest absolute Gasteiger partial charge is 0.279 e. The molecule has 0 saturated carbocycles. The number of non-ortho nitro benzene ring substituents is 1. The van der Waals surface area contributed by atoms with Crippen LogP contribution in [0.2, 0.25) is 0 Å². The summed E-state index contributed by atoms with van der Waals surface area (Å²) in [5.74, 6) is -0.585. The first-order valence-corrected chi connectivity index (χ1v) is 8.51. The van der Waals surface area contributed by atoms with Crippen molar-refractivity contribution in [2.75, 3.05) is 20.6 Å². The van der Waals surface area contributed by atoms with E-state index in [0.717, 1.165) is 17.0 Å². The van der Waals surface area contributed by atoms with Crippen molar-refractivity contribution in [2.45, 2.75) is 13.0 Å². The lowest BCUT2D eigenvalue weighted by atomic mass is 10.0. The molecule has 0 aliphatic rings. The lowest BCUT2D eigenvalue weighted by molar-refractivity contribution is -0.394. The van der Waals surface area contributed by atoms with E-state index in [9.17, 15) is 25.0 Å². The number of amides is 1. The zero-order valence-electron chi connectivity index (χ0n) is 14.5. The highest BCUT2D eigenvalue weighted by Crippen LogP contribution is 2.28. The number of benzene rings is 1. The fourth-order valence-corrected chi connectivity index (χ4v) is 3.44. The normalized spacial score (nSPS) is 12.0. The molecule has 2 rings (SSSR count). The predicted molar refractivity (Wildman–Crippen MR) is 97.6 cm³/mol. The highest BCUT2D eigenvalue weighted by atomic mass is 32.1. The predicted octanol–water partition coefficient (Wildman–Crippen LogP) is 2.91. The number of hydrogen-bond donors (Lipinski definition) is 1. The summed E-state index contributed by atoms with van der Waals surface area (Å²) in [6.07, 6.45) is 0. The van der Waals surface area contributed by atoms with E-state index in [-0.39, 0.29) is 23.7 Å². The molecule has 1 aromatic carbocycles. The van der Waals surface area contributed by atoms with Crippen LogP contribution < -0.4 is 5.32 Å². The second-order valence-corrected chi connectivity index (χ2v) is 6.84. The van der Waals surface area contributed by atoms with Crippen LogP contribution in [0.25, 0.3) is 0 Å². The maximum absolute atomic E-state index is 12.5. The van der Waals surface area contributed by atoms with Gasteiger partial charge in [-0.2, -0.15) is 0 Å². The Morgan fingerprint density at radius 1 is 1.27 bits per heavy atom. The van der Waals surface area contributed by atoms with Crippen LogP contribution in [0, 0.1) is 27.2 Å². The van der Waals surface area contributed by atoms with E-state index in [1.807, 2.05) is 36.5 Å². The van der Waals surface area contributed by atoms with Crippen LogP contribution in [0.1, 0.15) is 26.8 Å². The molecule has 1 N–H and O–H groups in total. The number of nitrogens with zero attached hydrogens (tertiary/aromatic N) is 3. The van der Waals surface area contributed by atoms with E-state index in [2.05, 4.69) is 5.32 Å². The highest BCUT2D eigenvalue weighted by Gasteiger charge is 2.25. The average molecular weight is 378 g/mol. The number of carbonyl (C=O) groups is 1. The molecule has 138 valence electrons. The van der Waals surface area contributed by atoms with Gasteiger partial charge >= 0.3 is 0 Å². The van der Waals surface area contributed by atoms with Crippen molar-refractivity contribution in [1.29, 1.82) is 0 Å². The average Bonchev–Trinajstić information content (AvgIpc) is 3.08. The molecule has 1 aromatic heterocycles. The van der Waals surface area contributed by atoms with E-state index < -0.39 is 27.1 Å². The molecule has 0 bridgehead atoms. The Labute approximate surface area is 153 Å². The zero-order chi connectivity index (χ0) is 19.4. The minimum absolute atomic E-state index is 0.0745. The van der Waals surface area contributed by atoms with Crippen LogP contribution in [0.4, 0.5) is 11.4 Å². The summed E-state index contributed by atoms with van der Waals surface area (Å²) in [6.45, 7) is 1.67. The molecular formula is C16H18N4O5S. The van der Waals surface area contributed by atoms with E-state index in [1.165, 1.54) is 6.92 Å². The van der Waals surface area contributed by atoms with E-state index in [0.29, 0.717) is 0 Å². The van der Waals surface area contributed by atoms with Gasteiger partial charge in [0, 0.05) is 23.1 Å². The van der Waals surface area contributed by atoms with Crippen LogP contribution >= 0.6 is 11.3 Å².